The number of hydrogen-bond donors (Lipinski definition) is 0. The molecule has 0 amide bonds. The molecule has 2 aliphatic rings. The van der Waals surface area contributed by atoms with Crippen molar-refractivity contribution in [2.45, 2.75) is 38.5 Å². The molecular formula is C9H13ClO. The summed E-state index contributed by atoms with van der Waals surface area (Å²) in [6.07, 6.45) is 7.36. The molecule has 0 saturated heterocycles. The molecule has 0 aromatic heterocycles. The molecule has 0 aromatic rings. The van der Waals surface area contributed by atoms with Gasteiger partial charge in [0.1, 0.15) is 0 Å². The Labute approximate surface area is 72.1 Å². The Morgan fingerprint density at radius 3 is 2.45 bits per heavy atom. The first-order valence-corrected chi connectivity index (χ1v) is 4.76. The minimum Gasteiger partial charge on any atom is -0.281 e. The molecule has 11 heavy (non-hydrogen) atoms. The van der Waals surface area contributed by atoms with Gasteiger partial charge in [-0.3, -0.25) is 4.79 Å². The van der Waals surface area contributed by atoms with Crippen molar-refractivity contribution in [3.8, 4) is 0 Å². The van der Waals surface area contributed by atoms with Crippen LogP contribution in [0.15, 0.2) is 0 Å². The summed E-state index contributed by atoms with van der Waals surface area (Å²) in [5.41, 5.74) is 0.691. The van der Waals surface area contributed by atoms with Gasteiger partial charge in [-0.25, -0.2) is 0 Å². The van der Waals surface area contributed by atoms with Gasteiger partial charge in [-0.2, -0.15) is 0 Å². The first-order valence-electron chi connectivity index (χ1n) is 4.39. The highest BCUT2D eigenvalue weighted by molar-refractivity contribution is 6.63. The van der Waals surface area contributed by atoms with Crippen LogP contribution in [0.5, 0.6) is 0 Å². The van der Waals surface area contributed by atoms with Crippen LogP contribution in [0.2, 0.25) is 0 Å². The van der Waals surface area contributed by atoms with Crippen molar-refractivity contribution >= 4 is 16.8 Å². The van der Waals surface area contributed by atoms with E-state index in [1.165, 1.54) is 32.1 Å². The van der Waals surface area contributed by atoms with Crippen molar-refractivity contribution in [1.29, 1.82) is 0 Å². The normalized spacial score (nSPS) is 27.7. The maximum absolute atomic E-state index is 10.5. The van der Waals surface area contributed by atoms with E-state index in [-0.39, 0.29) is 5.24 Å². The second kappa shape index (κ2) is 2.48. The minimum absolute atomic E-state index is 0.149. The fraction of sp³-hybridized carbons (Fsp3) is 0.889. The lowest BCUT2D eigenvalue weighted by Crippen LogP contribution is -2.43. The van der Waals surface area contributed by atoms with Crippen LogP contribution in [0.25, 0.3) is 0 Å². The van der Waals surface area contributed by atoms with E-state index >= 15 is 0 Å². The molecular weight excluding hydrogens is 160 g/mol. The molecule has 1 spiro atoms. The monoisotopic (exact) mass is 172 g/mol. The van der Waals surface area contributed by atoms with Crippen LogP contribution < -0.4 is 0 Å². The third kappa shape index (κ3) is 1.31. The largest absolute Gasteiger partial charge is 0.281 e. The summed E-state index contributed by atoms with van der Waals surface area (Å²) >= 11 is 5.30. The van der Waals surface area contributed by atoms with Crippen molar-refractivity contribution in [3.05, 3.63) is 0 Å². The zero-order valence-electron chi connectivity index (χ0n) is 6.61. The van der Waals surface area contributed by atoms with Crippen molar-refractivity contribution in [3.63, 3.8) is 0 Å². The van der Waals surface area contributed by atoms with Crippen LogP contribution >= 0.6 is 11.6 Å². The lowest BCUT2D eigenvalue weighted by molar-refractivity contribution is -0.115. The standard InChI is InChI=1S/C9H13ClO/c10-8(11)4-7-5-9(6-7)2-1-3-9/h7H,1-6H2. The molecule has 2 aliphatic carbocycles. The zero-order chi connectivity index (χ0) is 7.90. The molecule has 0 N–H and O–H groups in total. The molecule has 2 heteroatoms. The Morgan fingerprint density at radius 2 is 2.09 bits per heavy atom. The lowest BCUT2D eigenvalue weighted by atomic mass is 9.51. The van der Waals surface area contributed by atoms with Crippen molar-refractivity contribution in [1.82, 2.24) is 0 Å². The predicted molar refractivity (Wildman–Crippen MR) is 44.5 cm³/mol. The van der Waals surface area contributed by atoms with E-state index in [4.69, 9.17) is 11.6 Å². The van der Waals surface area contributed by atoms with Gasteiger partial charge >= 0.3 is 0 Å². The molecule has 0 radical (unpaired) electrons. The Morgan fingerprint density at radius 1 is 1.45 bits per heavy atom. The van der Waals surface area contributed by atoms with Gasteiger partial charge in [-0.05, 0) is 48.6 Å². The van der Waals surface area contributed by atoms with E-state index < -0.39 is 0 Å². The van der Waals surface area contributed by atoms with Gasteiger partial charge in [0.2, 0.25) is 5.24 Å². The summed E-state index contributed by atoms with van der Waals surface area (Å²) in [6, 6.07) is 0. The summed E-state index contributed by atoms with van der Waals surface area (Å²) in [5.74, 6) is 0.625. The number of hydrogen-bond acceptors (Lipinski definition) is 1. The first-order chi connectivity index (χ1) is 5.20. The Balaban J connectivity index is 1.75. The maximum Gasteiger partial charge on any atom is 0.221 e. The van der Waals surface area contributed by atoms with Gasteiger partial charge in [-0.15, -0.1) is 0 Å². The Hall–Kier alpha value is -0.0400. The maximum atomic E-state index is 10.5. The van der Waals surface area contributed by atoms with Gasteiger partial charge in [0.05, 0.1) is 0 Å². The van der Waals surface area contributed by atoms with E-state index in [1.54, 1.807) is 0 Å². The van der Waals surface area contributed by atoms with Crippen molar-refractivity contribution < 1.29 is 4.79 Å². The summed E-state index contributed by atoms with van der Waals surface area (Å²) in [4.78, 5) is 10.5. The molecule has 0 atom stereocenters. The summed E-state index contributed by atoms with van der Waals surface area (Å²) < 4.78 is 0. The molecule has 0 bridgehead atoms. The van der Waals surface area contributed by atoms with Gasteiger partial charge in [-0.1, -0.05) is 6.42 Å². The smallest absolute Gasteiger partial charge is 0.221 e. The lowest BCUT2D eigenvalue weighted by Gasteiger charge is -2.54. The second-order valence-corrected chi connectivity index (χ2v) is 4.61. The average molecular weight is 173 g/mol. The highest BCUT2D eigenvalue weighted by atomic mass is 35.5. The number of halogens is 1. The van der Waals surface area contributed by atoms with Gasteiger partial charge in [0, 0.05) is 6.42 Å². The Bertz CT molecular complexity index is 176. The average Bonchev–Trinajstić information content (AvgIpc) is 1.71. The molecule has 0 aliphatic heterocycles. The predicted octanol–water partition coefficient (Wildman–Crippen LogP) is 2.72. The van der Waals surface area contributed by atoms with Crippen LogP contribution in [-0.4, -0.2) is 5.24 Å². The van der Waals surface area contributed by atoms with Gasteiger partial charge < -0.3 is 0 Å². The second-order valence-electron chi connectivity index (χ2n) is 4.19. The molecule has 2 saturated carbocycles. The fourth-order valence-corrected chi connectivity index (χ4v) is 2.84. The fourth-order valence-electron chi connectivity index (χ4n) is 2.62. The zero-order valence-corrected chi connectivity index (χ0v) is 7.36. The van der Waals surface area contributed by atoms with E-state index in [0.29, 0.717) is 17.8 Å². The van der Waals surface area contributed by atoms with E-state index in [9.17, 15) is 4.79 Å². The molecule has 0 unspecified atom stereocenters. The van der Waals surface area contributed by atoms with E-state index in [0.717, 1.165) is 0 Å². The minimum atomic E-state index is -0.149. The summed E-state index contributed by atoms with van der Waals surface area (Å²) in [7, 11) is 0. The highest BCUT2D eigenvalue weighted by Crippen LogP contribution is 2.59. The van der Waals surface area contributed by atoms with Crippen LogP contribution in [0.3, 0.4) is 0 Å². The van der Waals surface area contributed by atoms with E-state index in [1.807, 2.05) is 0 Å². The topological polar surface area (TPSA) is 17.1 Å². The van der Waals surface area contributed by atoms with Crippen LogP contribution in [0.4, 0.5) is 0 Å². The quantitative estimate of drug-likeness (QED) is 0.586. The third-order valence-corrected chi connectivity index (χ3v) is 3.46. The van der Waals surface area contributed by atoms with Crippen molar-refractivity contribution in [2.75, 3.05) is 0 Å². The van der Waals surface area contributed by atoms with Gasteiger partial charge in [0.15, 0.2) is 0 Å². The van der Waals surface area contributed by atoms with Crippen molar-refractivity contribution in [2.24, 2.45) is 11.3 Å². The Kier molecular flexibility index (Phi) is 1.71. The summed E-state index contributed by atoms with van der Waals surface area (Å²) in [6.45, 7) is 0. The highest BCUT2D eigenvalue weighted by Gasteiger charge is 2.47. The molecule has 1 nitrogen and oxygen atoms in total. The molecule has 62 valence electrons. The van der Waals surface area contributed by atoms with Crippen LogP contribution in [0.1, 0.15) is 38.5 Å². The van der Waals surface area contributed by atoms with E-state index in [2.05, 4.69) is 0 Å². The third-order valence-electron chi connectivity index (χ3n) is 3.31. The number of carbonyl (C=O) groups is 1. The number of carbonyl (C=O) groups excluding carboxylic acids is 1. The van der Waals surface area contributed by atoms with Crippen LogP contribution in [0, 0.1) is 11.3 Å². The first kappa shape index (κ1) is 7.60. The molecule has 2 rings (SSSR count). The molecule has 0 heterocycles. The number of rotatable bonds is 2. The molecule has 0 aromatic carbocycles. The summed E-state index contributed by atoms with van der Waals surface area (Å²) in [5, 5.41) is -0.149. The molecule has 2 fully saturated rings. The van der Waals surface area contributed by atoms with Gasteiger partial charge in [0.25, 0.3) is 0 Å². The van der Waals surface area contributed by atoms with Crippen LogP contribution in [-0.2, 0) is 4.79 Å². The SMILES string of the molecule is O=C(Cl)CC1CC2(CCC2)C1.